The van der Waals surface area contributed by atoms with Crippen LogP contribution in [0.3, 0.4) is 0 Å². The van der Waals surface area contributed by atoms with Gasteiger partial charge in [0.25, 0.3) is 0 Å². The van der Waals surface area contributed by atoms with Gasteiger partial charge in [0.05, 0.1) is 5.69 Å². The van der Waals surface area contributed by atoms with Crippen molar-refractivity contribution in [3.8, 4) is 17.0 Å². The van der Waals surface area contributed by atoms with E-state index in [0.29, 0.717) is 5.69 Å². The Morgan fingerprint density at radius 2 is 1.82 bits per heavy atom. The lowest BCUT2D eigenvalue weighted by Gasteiger charge is -2.08. The highest BCUT2D eigenvalue weighted by atomic mass is 79.9. The number of nitrogens with zero attached hydrogens (tertiary/aromatic N) is 1. The molecule has 1 heterocycles. The summed E-state index contributed by atoms with van der Waals surface area (Å²) >= 11 is 4.63. The predicted molar refractivity (Wildman–Crippen MR) is 61.9 cm³/mol. The van der Waals surface area contributed by atoms with Gasteiger partial charge in [-0.05, 0) is 40.2 Å². The van der Waals surface area contributed by atoms with Crippen LogP contribution in [0.5, 0.6) is 5.75 Å². The molecule has 90 valence electrons. The summed E-state index contributed by atoms with van der Waals surface area (Å²) in [6.07, 6.45) is -4.66. The zero-order chi connectivity index (χ0) is 12.5. The third-order valence-electron chi connectivity index (χ3n) is 1.86. The molecule has 1 aromatic heterocycles. The molecule has 0 atom stereocenters. The van der Waals surface area contributed by atoms with E-state index in [1.807, 2.05) is 5.38 Å². The molecule has 2 nitrogen and oxygen atoms in total. The molecule has 17 heavy (non-hydrogen) atoms. The molecule has 2 aromatic rings. The molecule has 7 heteroatoms. The van der Waals surface area contributed by atoms with Crippen LogP contribution in [0.15, 0.2) is 33.6 Å². The summed E-state index contributed by atoms with van der Waals surface area (Å²) in [4.78, 5) is 4.16. The molecular weight excluding hydrogens is 319 g/mol. The molecule has 0 radical (unpaired) electrons. The highest BCUT2D eigenvalue weighted by Gasteiger charge is 2.30. The van der Waals surface area contributed by atoms with Gasteiger partial charge in [-0.3, -0.25) is 0 Å². The van der Waals surface area contributed by atoms with E-state index in [-0.39, 0.29) is 5.75 Å². The number of alkyl halides is 3. The maximum absolute atomic E-state index is 11.9. The van der Waals surface area contributed by atoms with E-state index in [1.54, 1.807) is 0 Å². The van der Waals surface area contributed by atoms with Crippen LogP contribution in [0.25, 0.3) is 11.3 Å². The molecule has 0 bridgehead atoms. The summed E-state index contributed by atoms with van der Waals surface area (Å²) in [5, 5.41) is 1.81. The molecule has 2 rings (SSSR count). The molecule has 0 spiro atoms. The van der Waals surface area contributed by atoms with Crippen LogP contribution in [-0.4, -0.2) is 11.3 Å². The van der Waals surface area contributed by atoms with Crippen molar-refractivity contribution in [3.05, 3.63) is 33.6 Å². The Morgan fingerprint density at radius 1 is 1.18 bits per heavy atom. The third-order valence-corrected chi connectivity index (χ3v) is 3.22. The normalized spacial score (nSPS) is 11.5. The summed E-state index contributed by atoms with van der Waals surface area (Å²) in [6.45, 7) is 0. The Labute approximate surface area is 107 Å². The van der Waals surface area contributed by atoms with Gasteiger partial charge in [-0.15, -0.1) is 24.5 Å². The zero-order valence-electron chi connectivity index (χ0n) is 8.16. The SMILES string of the molecule is FC(F)(F)Oc1ccc(-c2csc(Br)n2)cc1. The highest BCUT2D eigenvalue weighted by Crippen LogP contribution is 2.28. The van der Waals surface area contributed by atoms with Crippen molar-refractivity contribution in [2.24, 2.45) is 0 Å². The minimum absolute atomic E-state index is 0.240. The molecule has 0 amide bonds. The molecular formula is C10H5BrF3NOS. The number of benzene rings is 1. The first kappa shape index (κ1) is 12.4. The number of aromatic nitrogens is 1. The monoisotopic (exact) mass is 323 g/mol. The van der Waals surface area contributed by atoms with E-state index < -0.39 is 6.36 Å². The van der Waals surface area contributed by atoms with Gasteiger partial charge in [-0.2, -0.15) is 0 Å². The van der Waals surface area contributed by atoms with Crippen LogP contribution in [0.1, 0.15) is 0 Å². The molecule has 0 saturated heterocycles. The van der Waals surface area contributed by atoms with Gasteiger partial charge in [0.1, 0.15) is 5.75 Å². The number of ether oxygens (including phenoxy) is 1. The van der Waals surface area contributed by atoms with Gasteiger partial charge in [0.15, 0.2) is 3.92 Å². The lowest BCUT2D eigenvalue weighted by molar-refractivity contribution is -0.274. The lowest BCUT2D eigenvalue weighted by Crippen LogP contribution is -2.16. The topological polar surface area (TPSA) is 22.1 Å². The summed E-state index contributed by atoms with van der Waals surface area (Å²) in [5.74, 6) is -0.240. The number of thiazole rings is 1. The molecule has 0 aliphatic rings. The first-order valence-corrected chi connectivity index (χ1v) is 6.08. The van der Waals surface area contributed by atoms with Crippen molar-refractivity contribution >= 4 is 27.3 Å². The summed E-state index contributed by atoms with van der Waals surface area (Å²) in [7, 11) is 0. The largest absolute Gasteiger partial charge is 0.573 e. The fraction of sp³-hybridized carbons (Fsp3) is 0.100. The maximum Gasteiger partial charge on any atom is 0.573 e. The van der Waals surface area contributed by atoms with Gasteiger partial charge in [-0.1, -0.05) is 0 Å². The van der Waals surface area contributed by atoms with E-state index in [2.05, 4.69) is 25.7 Å². The summed E-state index contributed by atoms with van der Waals surface area (Å²) < 4.78 is 40.3. The second-order valence-corrected chi connectivity index (χ2v) is 5.19. The first-order chi connectivity index (χ1) is 7.94. The van der Waals surface area contributed by atoms with Crippen molar-refractivity contribution in [3.63, 3.8) is 0 Å². The summed E-state index contributed by atoms with van der Waals surface area (Å²) in [5.41, 5.74) is 1.45. The van der Waals surface area contributed by atoms with Crippen LogP contribution < -0.4 is 4.74 Å². The number of halogens is 4. The van der Waals surface area contributed by atoms with E-state index in [9.17, 15) is 13.2 Å². The van der Waals surface area contributed by atoms with Gasteiger partial charge in [0.2, 0.25) is 0 Å². The molecule has 0 fully saturated rings. The molecule has 0 aliphatic heterocycles. The van der Waals surface area contributed by atoms with Crippen LogP contribution in [-0.2, 0) is 0 Å². The fourth-order valence-corrected chi connectivity index (χ4v) is 2.23. The third kappa shape index (κ3) is 3.44. The minimum atomic E-state index is -4.66. The standard InChI is InChI=1S/C10H5BrF3NOS/c11-9-15-8(5-17-9)6-1-3-7(4-2-6)16-10(12,13)14/h1-5H. The number of rotatable bonds is 2. The minimum Gasteiger partial charge on any atom is -0.406 e. The number of hydrogen-bond donors (Lipinski definition) is 0. The predicted octanol–water partition coefficient (Wildman–Crippen LogP) is 4.47. The smallest absolute Gasteiger partial charge is 0.406 e. The Balaban J connectivity index is 2.19. The quantitative estimate of drug-likeness (QED) is 0.813. The first-order valence-electron chi connectivity index (χ1n) is 4.41. The van der Waals surface area contributed by atoms with Crippen LogP contribution in [0.4, 0.5) is 13.2 Å². The average Bonchev–Trinajstić information content (AvgIpc) is 2.63. The number of hydrogen-bond acceptors (Lipinski definition) is 3. The van der Waals surface area contributed by atoms with Crippen molar-refractivity contribution in [2.75, 3.05) is 0 Å². The van der Waals surface area contributed by atoms with Gasteiger partial charge >= 0.3 is 6.36 Å². The van der Waals surface area contributed by atoms with Crippen molar-refractivity contribution in [1.29, 1.82) is 0 Å². The molecule has 1 aromatic carbocycles. The van der Waals surface area contributed by atoms with E-state index in [1.165, 1.54) is 35.6 Å². The Bertz CT molecular complexity index is 509. The van der Waals surface area contributed by atoms with Crippen molar-refractivity contribution in [2.45, 2.75) is 6.36 Å². The second-order valence-electron chi connectivity index (χ2n) is 3.06. The second kappa shape index (κ2) is 4.66. The van der Waals surface area contributed by atoms with Crippen LogP contribution in [0, 0.1) is 0 Å². The molecule has 0 saturated carbocycles. The van der Waals surface area contributed by atoms with Crippen LogP contribution >= 0.6 is 27.3 Å². The summed E-state index contributed by atoms with van der Waals surface area (Å²) in [6, 6.07) is 5.58. The maximum atomic E-state index is 11.9. The lowest BCUT2D eigenvalue weighted by atomic mass is 10.2. The molecule has 0 aliphatic carbocycles. The molecule has 0 unspecified atom stereocenters. The van der Waals surface area contributed by atoms with Crippen LogP contribution in [0.2, 0.25) is 0 Å². The van der Waals surface area contributed by atoms with E-state index in [0.717, 1.165) is 9.48 Å². The van der Waals surface area contributed by atoms with Gasteiger partial charge in [-0.25, -0.2) is 4.98 Å². The van der Waals surface area contributed by atoms with E-state index >= 15 is 0 Å². The van der Waals surface area contributed by atoms with Gasteiger partial charge < -0.3 is 4.74 Å². The Hall–Kier alpha value is -1.08. The Morgan fingerprint density at radius 3 is 2.29 bits per heavy atom. The average molecular weight is 324 g/mol. The van der Waals surface area contributed by atoms with Crippen molar-refractivity contribution < 1.29 is 17.9 Å². The van der Waals surface area contributed by atoms with Gasteiger partial charge in [0, 0.05) is 10.9 Å². The highest BCUT2D eigenvalue weighted by molar-refractivity contribution is 9.11. The molecule has 0 N–H and O–H groups in total. The zero-order valence-corrected chi connectivity index (χ0v) is 10.6. The fourth-order valence-electron chi connectivity index (χ4n) is 1.21. The van der Waals surface area contributed by atoms with E-state index in [4.69, 9.17) is 0 Å². The Kier molecular flexibility index (Phi) is 3.39. The van der Waals surface area contributed by atoms with Crippen molar-refractivity contribution in [1.82, 2.24) is 4.98 Å².